The van der Waals surface area contributed by atoms with E-state index in [2.05, 4.69) is 20.8 Å². The second-order valence-electron chi connectivity index (χ2n) is 6.29. The number of ether oxygens (including phenoxy) is 1. The average Bonchev–Trinajstić information content (AvgIpc) is 2.72. The number of anilines is 1. The van der Waals surface area contributed by atoms with E-state index in [0.717, 1.165) is 42.8 Å². The fourth-order valence-electron chi connectivity index (χ4n) is 3.13. The third-order valence-corrected chi connectivity index (χ3v) is 4.66. The Hall–Kier alpha value is -2.80. The van der Waals surface area contributed by atoms with Gasteiger partial charge in [-0.05, 0) is 55.7 Å². The van der Waals surface area contributed by atoms with Crippen molar-refractivity contribution in [2.24, 2.45) is 5.10 Å². The minimum absolute atomic E-state index is 0.0652. The fourth-order valence-corrected chi connectivity index (χ4v) is 3.30. The molecule has 7 heteroatoms. The predicted octanol–water partition coefficient (Wildman–Crippen LogP) is 3.87. The molecule has 1 fully saturated rings. The normalized spacial score (nSPS) is 18.0. The van der Waals surface area contributed by atoms with Gasteiger partial charge in [0.1, 0.15) is 0 Å². The highest BCUT2D eigenvalue weighted by molar-refractivity contribution is 7.80. The molecule has 1 aliphatic carbocycles. The van der Waals surface area contributed by atoms with E-state index in [9.17, 15) is 4.79 Å². The van der Waals surface area contributed by atoms with Crippen molar-refractivity contribution in [2.75, 3.05) is 12.4 Å². The van der Waals surface area contributed by atoms with Gasteiger partial charge in [-0.1, -0.05) is 24.6 Å². The number of nitrogens with one attached hydrogen (secondary N) is 2. The molecular formula is C20H22N4O2S. The number of esters is 1. The molecule has 1 aromatic heterocycles. The molecule has 0 radical (unpaired) electrons. The maximum Gasteiger partial charge on any atom is 0.337 e. The van der Waals surface area contributed by atoms with Crippen molar-refractivity contribution in [1.82, 2.24) is 10.4 Å². The van der Waals surface area contributed by atoms with E-state index in [-0.39, 0.29) is 11.9 Å². The highest BCUT2D eigenvalue weighted by Crippen LogP contribution is 2.30. The Labute approximate surface area is 164 Å². The number of para-hydroxylation sites is 1. The third kappa shape index (κ3) is 5.10. The Morgan fingerprint density at radius 1 is 1.26 bits per heavy atom. The van der Waals surface area contributed by atoms with Crippen molar-refractivity contribution in [1.29, 1.82) is 0 Å². The highest BCUT2D eigenvalue weighted by atomic mass is 32.1. The maximum absolute atomic E-state index is 11.8. The first-order valence-corrected chi connectivity index (χ1v) is 9.31. The number of rotatable bonds is 4. The van der Waals surface area contributed by atoms with Crippen LogP contribution in [0.25, 0.3) is 0 Å². The van der Waals surface area contributed by atoms with Gasteiger partial charge in [-0.2, -0.15) is 5.10 Å². The molecule has 0 spiro atoms. The summed E-state index contributed by atoms with van der Waals surface area (Å²) in [6.45, 7) is 0. The number of thiocarbonyl (C=S) groups is 1. The molecule has 0 amide bonds. The van der Waals surface area contributed by atoms with Crippen LogP contribution in [0.3, 0.4) is 0 Å². The van der Waals surface area contributed by atoms with Gasteiger partial charge in [0.05, 0.1) is 12.7 Å². The number of hydrazone groups is 1. The van der Waals surface area contributed by atoms with Crippen molar-refractivity contribution in [3.63, 3.8) is 0 Å². The van der Waals surface area contributed by atoms with Gasteiger partial charge < -0.3 is 10.1 Å². The zero-order valence-corrected chi connectivity index (χ0v) is 16.0. The summed E-state index contributed by atoms with van der Waals surface area (Å²) in [5.41, 5.74) is 6.17. The van der Waals surface area contributed by atoms with Crippen molar-refractivity contribution in [2.45, 2.75) is 31.6 Å². The van der Waals surface area contributed by atoms with E-state index >= 15 is 0 Å². The van der Waals surface area contributed by atoms with Crippen molar-refractivity contribution in [3.8, 4) is 0 Å². The number of pyridine rings is 1. The Balaban J connectivity index is 1.72. The Morgan fingerprint density at radius 3 is 2.85 bits per heavy atom. The van der Waals surface area contributed by atoms with Crippen LogP contribution in [0.2, 0.25) is 0 Å². The Bertz CT molecular complexity index is 839. The summed E-state index contributed by atoms with van der Waals surface area (Å²) in [6.07, 6.45) is 5.63. The first-order valence-electron chi connectivity index (χ1n) is 8.90. The van der Waals surface area contributed by atoms with Gasteiger partial charge in [0.2, 0.25) is 0 Å². The van der Waals surface area contributed by atoms with Crippen LogP contribution in [0.4, 0.5) is 5.69 Å². The summed E-state index contributed by atoms with van der Waals surface area (Å²) in [5.74, 6) is -0.297. The first-order chi connectivity index (χ1) is 13.2. The van der Waals surface area contributed by atoms with E-state index in [1.807, 2.05) is 30.3 Å². The Kier molecular flexibility index (Phi) is 6.49. The van der Waals surface area contributed by atoms with Gasteiger partial charge in [0.15, 0.2) is 5.11 Å². The molecule has 1 aliphatic rings. The van der Waals surface area contributed by atoms with Gasteiger partial charge in [-0.25, -0.2) is 4.79 Å². The molecule has 2 aromatic rings. The molecule has 1 unspecified atom stereocenters. The highest BCUT2D eigenvalue weighted by Gasteiger charge is 2.24. The molecule has 6 nitrogen and oxygen atoms in total. The van der Waals surface area contributed by atoms with E-state index in [1.54, 1.807) is 18.3 Å². The van der Waals surface area contributed by atoms with Crippen LogP contribution in [0.5, 0.6) is 0 Å². The number of carbonyl (C=O) groups excluding carboxylic acids is 1. The maximum atomic E-state index is 11.8. The van der Waals surface area contributed by atoms with Gasteiger partial charge in [0, 0.05) is 29.2 Å². The minimum atomic E-state index is -0.362. The lowest BCUT2D eigenvalue weighted by molar-refractivity contribution is 0.0600. The summed E-state index contributed by atoms with van der Waals surface area (Å²) >= 11 is 5.32. The molecule has 140 valence electrons. The predicted molar refractivity (Wildman–Crippen MR) is 110 cm³/mol. The molecule has 3 rings (SSSR count). The molecule has 0 saturated heterocycles. The summed E-state index contributed by atoms with van der Waals surface area (Å²) in [4.78, 5) is 16.3. The van der Waals surface area contributed by atoms with Crippen LogP contribution in [-0.4, -0.2) is 28.9 Å². The molecule has 0 bridgehead atoms. The van der Waals surface area contributed by atoms with Crippen LogP contribution < -0.4 is 10.7 Å². The molecule has 1 aromatic carbocycles. The molecule has 1 atom stereocenters. The van der Waals surface area contributed by atoms with Crippen LogP contribution in [0.15, 0.2) is 53.8 Å². The largest absolute Gasteiger partial charge is 0.465 e. The summed E-state index contributed by atoms with van der Waals surface area (Å²) in [6, 6.07) is 13.1. The van der Waals surface area contributed by atoms with Crippen molar-refractivity contribution < 1.29 is 9.53 Å². The molecule has 0 aliphatic heterocycles. The number of hydrogen-bond donors (Lipinski definition) is 2. The molecule has 1 heterocycles. The third-order valence-electron chi connectivity index (χ3n) is 4.47. The number of methoxy groups -OCH3 is 1. The van der Waals surface area contributed by atoms with Gasteiger partial charge in [-0.3, -0.25) is 10.4 Å². The van der Waals surface area contributed by atoms with Crippen molar-refractivity contribution in [3.05, 3.63) is 59.9 Å². The second kappa shape index (κ2) is 9.23. The SMILES string of the molecule is COC(=O)c1ccnc(C2CCCC/C2=N\NC(=S)Nc2ccccc2)c1. The van der Waals surface area contributed by atoms with E-state index in [1.165, 1.54) is 7.11 Å². The molecular weight excluding hydrogens is 360 g/mol. The molecule has 2 N–H and O–H groups in total. The van der Waals surface area contributed by atoms with Crippen LogP contribution >= 0.6 is 12.2 Å². The summed E-state index contributed by atoms with van der Waals surface area (Å²) < 4.78 is 4.81. The first kappa shape index (κ1) is 19.0. The summed E-state index contributed by atoms with van der Waals surface area (Å²) in [7, 11) is 1.38. The number of hydrogen-bond acceptors (Lipinski definition) is 5. The zero-order valence-electron chi connectivity index (χ0n) is 15.1. The number of carbonyl (C=O) groups is 1. The lowest BCUT2D eigenvalue weighted by atomic mass is 9.84. The van der Waals surface area contributed by atoms with E-state index in [0.29, 0.717) is 10.7 Å². The smallest absolute Gasteiger partial charge is 0.337 e. The second-order valence-corrected chi connectivity index (χ2v) is 6.70. The average molecular weight is 382 g/mol. The lowest BCUT2D eigenvalue weighted by Crippen LogP contribution is -2.28. The van der Waals surface area contributed by atoms with Gasteiger partial charge >= 0.3 is 5.97 Å². The van der Waals surface area contributed by atoms with Crippen molar-refractivity contribution >= 4 is 34.7 Å². The monoisotopic (exact) mass is 382 g/mol. The summed E-state index contributed by atoms with van der Waals surface area (Å²) in [5, 5.41) is 8.08. The number of benzene rings is 1. The quantitative estimate of drug-likeness (QED) is 0.475. The fraction of sp³-hybridized carbons (Fsp3) is 0.300. The minimum Gasteiger partial charge on any atom is -0.465 e. The number of aromatic nitrogens is 1. The van der Waals surface area contributed by atoms with Gasteiger partial charge in [-0.15, -0.1) is 0 Å². The Morgan fingerprint density at radius 2 is 2.07 bits per heavy atom. The lowest BCUT2D eigenvalue weighted by Gasteiger charge is -2.24. The van der Waals surface area contributed by atoms with Crippen LogP contribution in [0.1, 0.15) is 47.7 Å². The van der Waals surface area contributed by atoms with Crippen LogP contribution in [0, 0.1) is 0 Å². The zero-order chi connectivity index (χ0) is 19.1. The van der Waals surface area contributed by atoms with E-state index < -0.39 is 0 Å². The topological polar surface area (TPSA) is 75.6 Å². The van der Waals surface area contributed by atoms with E-state index in [4.69, 9.17) is 17.0 Å². The molecule has 1 saturated carbocycles. The number of nitrogens with zero attached hydrogens (tertiary/aromatic N) is 2. The molecule has 27 heavy (non-hydrogen) atoms. The van der Waals surface area contributed by atoms with Crippen LogP contribution in [-0.2, 0) is 4.74 Å². The standard InChI is InChI=1S/C20H22N4O2S/c1-26-19(25)14-11-12-21-18(13-14)16-9-5-6-10-17(16)23-24-20(27)22-15-7-3-2-4-8-15/h2-4,7-8,11-13,16H,5-6,9-10H2,1H3,(H2,22,24,27)/b23-17+. The van der Waals surface area contributed by atoms with Gasteiger partial charge in [0.25, 0.3) is 0 Å².